The minimum Gasteiger partial charge on any atom is -0.493 e. The number of carboxylic acid groups (broad SMARTS) is 1. The standard InChI is InChI=1S/C19H26N2O4/c1-20-8-6-13(7-9-20)21-10-15-14-4-3-5-16(24-2)17(14)25-12-19(15,11-21)18(22)23/h3-5,13,15H,6-12H2,1-2H3,(H,22,23)/t15-,19-/m1/s1. The number of piperidine rings is 1. The molecule has 25 heavy (non-hydrogen) atoms. The van der Waals surface area contributed by atoms with Gasteiger partial charge in [0.2, 0.25) is 0 Å². The SMILES string of the molecule is COc1cccc2c1OC[C@]1(C(=O)O)CN(C3CCN(C)CC3)C[C@H]21. The van der Waals surface area contributed by atoms with Gasteiger partial charge >= 0.3 is 5.97 Å². The molecule has 0 amide bonds. The average Bonchev–Trinajstić information content (AvgIpc) is 3.03. The number of hydrogen-bond acceptors (Lipinski definition) is 5. The first-order valence-corrected chi connectivity index (χ1v) is 9.01. The molecule has 6 nitrogen and oxygen atoms in total. The molecule has 2 atom stereocenters. The molecule has 1 aromatic rings. The molecule has 0 aliphatic carbocycles. The molecule has 3 aliphatic rings. The van der Waals surface area contributed by atoms with Crippen LogP contribution in [0.4, 0.5) is 0 Å². The third-order valence-electron chi connectivity index (χ3n) is 6.28. The molecule has 0 unspecified atom stereocenters. The highest BCUT2D eigenvalue weighted by Crippen LogP contribution is 2.52. The first-order chi connectivity index (χ1) is 12.0. The number of carboxylic acids is 1. The molecule has 6 heteroatoms. The maximum atomic E-state index is 12.3. The predicted octanol–water partition coefficient (Wildman–Crippen LogP) is 1.65. The molecule has 2 saturated heterocycles. The second-order valence-corrected chi connectivity index (χ2v) is 7.65. The Morgan fingerprint density at radius 2 is 2.12 bits per heavy atom. The fourth-order valence-corrected chi connectivity index (χ4v) is 4.73. The molecule has 4 rings (SSSR count). The van der Waals surface area contributed by atoms with Crippen molar-refractivity contribution in [3.8, 4) is 11.5 Å². The van der Waals surface area contributed by atoms with E-state index in [0.717, 1.165) is 43.8 Å². The van der Waals surface area contributed by atoms with Crippen molar-refractivity contribution < 1.29 is 19.4 Å². The highest BCUT2D eigenvalue weighted by Gasteiger charge is 2.57. The van der Waals surface area contributed by atoms with Crippen LogP contribution in [-0.2, 0) is 4.79 Å². The van der Waals surface area contributed by atoms with Crippen LogP contribution < -0.4 is 9.47 Å². The Hall–Kier alpha value is -1.79. The van der Waals surface area contributed by atoms with E-state index in [0.29, 0.717) is 18.3 Å². The van der Waals surface area contributed by atoms with Crippen LogP contribution in [0.5, 0.6) is 11.5 Å². The van der Waals surface area contributed by atoms with Crippen molar-refractivity contribution in [2.75, 3.05) is 46.9 Å². The third-order valence-corrected chi connectivity index (χ3v) is 6.28. The number of ether oxygens (including phenoxy) is 2. The van der Waals surface area contributed by atoms with Gasteiger partial charge in [-0.05, 0) is 39.0 Å². The molecule has 0 saturated carbocycles. The largest absolute Gasteiger partial charge is 0.493 e. The number of carbonyl (C=O) groups is 1. The van der Waals surface area contributed by atoms with E-state index >= 15 is 0 Å². The summed E-state index contributed by atoms with van der Waals surface area (Å²) in [6.07, 6.45) is 2.20. The summed E-state index contributed by atoms with van der Waals surface area (Å²) in [6.45, 7) is 3.71. The van der Waals surface area contributed by atoms with Gasteiger partial charge in [-0.2, -0.15) is 0 Å². The fourth-order valence-electron chi connectivity index (χ4n) is 4.73. The molecule has 0 spiro atoms. The summed E-state index contributed by atoms with van der Waals surface area (Å²) < 4.78 is 11.4. The summed E-state index contributed by atoms with van der Waals surface area (Å²) in [6, 6.07) is 6.26. The van der Waals surface area contributed by atoms with Crippen molar-refractivity contribution in [1.29, 1.82) is 0 Å². The zero-order valence-corrected chi connectivity index (χ0v) is 14.9. The Morgan fingerprint density at radius 1 is 1.36 bits per heavy atom. The summed E-state index contributed by atoms with van der Waals surface area (Å²) in [5.74, 6) is 0.608. The molecule has 1 aromatic carbocycles. The van der Waals surface area contributed by atoms with Crippen molar-refractivity contribution in [3.63, 3.8) is 0 Å². The number of hydrogen-bond donors (Lipinski definition) is 1. The average molecular weight is 346 g/mol. The van der Waals surface area contributed by atoms with Crippen LogP contribution in [0.25, 0.3) is 0 Å². The Balaban J connectivity index is 1.67. The number of fused-ring (bicyclic) bond motifs is 3. The number of rotatable bonds is 3. The first-order valence-electron chi connectivity index (χ1n) is 9.01. The highest BCUT2D eigenvalue weighted by molar-refractivity contribution is 5.79. The van der Waals surface area contributed by atoms with Crippen LogP contribution in [0.15, 0.2) is 18.2 Å². The second kappa shape index (κ2) is 6.18. The van der Waals surface area contributed by atoms with Crippen LogP contribution in [0.2, 0.25) is 0 Å². The van der Waals surface area contributed by atoms with Gasteiger partial charge in [0.25, 0.3) is 0 Å². The summed E-state index contributed by atoms with van der Waals surface area (Å²) >= 11 is 0. The predicted molar refractivity (Wildman–Crippen MR) is 93.4 cm³/mol. The van der Waals surface area contributed by atoms with Gasteiger partial charge in [0, 0.05) is 30.6 Å². The van der Waals surface area contributed by atoms with Gasteiger partial charge in [0.1, 0.15) is 12.0 Å². The van der Waals surface area contributed by atoms with Crippen molar-refractivity contribution in [2.45, 2.75) is 24.8 Å². The quantitative estimate of drug-likeness (QED) is 0.898. The summed E-state index contributed by atoms with van der Waals surface area (Å²) in [5.41, 5.74) is 0.117. The minimum absolute atomic E-state index is 0.0523. The maximum absolute atomic E-state index is 12.3. The fraction of sp³-hybridized carbons (Fsp3) is 0.632. The monoisotopic (exact) mass is 346 g/mol. The number of benzene rings is 1. The van der Waals surface area contributed by atoms with Crippen molar-refractivity contribution in [1.82, 2.24) is 9.80 Å². The zero-order valence-electron chi connectivity index (χ0n) is 14.9. The van der Waals surface area contributed by atoms with E-state index in [9.17, 15) is 9.90 Å². The van der Waals surface area contributed by atoms with Gasteiger partial charge in [0.15, 0.2) is 11.5 Å². The Bertz CT molecular complexity index is 671. The number of aliphatic carboxylic acids is 1. The number of likely N-dealkylation sites (tertiary alicyclic amines) is 2. The lowest BCUT2D eigenvalue weighted by Gasteiger charge is -2.37. The van der Waals surface area contributed by atoms with Crippen molar-refractivity contribution in [3.05, 3.63) is 23.8 Å². The summed E-state index contributed by atoms with van der Waals surface area (Å²) in [7, 11) is 3.77. The van der Waals surface area contributed by atoms with Gasteiger partial charge in [0.05, 0.1) is 7.11 Å². The smallest absolute Gasteiger partial charge is 0.315 e. The Labute approximate surface area is 148 Å². The van der Waals surface area contributed by atoms with Gasteiger partial charge in [-0.15, -0.1) is 0 Å². The normalized spacial score (nSPS) is 30.4. The van der Waals surface area contributed by atoms with Gasteiger partial charge in [-0.3, -0.25) is 9.69 Å². The number of para-hydroxylation sites is 1. The maximum Gasteiger partial charge on any atom is 0.315 e. The molecule has 136 valence electrons. The Morgan fingerprint density at radius 3 is 2.80 bits per heavy atom. The molecule has 0 radical (unpaired) electrons. The summed E-state index contributed by atoms with van der Waals surface area (Å²) in [4.78, 5) is 17.0. The van der Waals surface area contributed by atoms with Crippen molar-refractivity contribution in [2.24, 2.45) is 5.41 Å². The Kier molecular flexibility index (Phi) is 4.12. The minimum atomic E-state index is -0.858. The lowest BCUT2D eigenvalue weighted by molar-refractivity contribution is -0.152. The van der Waals surface area contributed by atoms with E-state index < -0.39 is 11.4 Å². The van der Waals surface area contributed by atoms with Crippen LogP contribution >= 0.6 is 0 Å². The van der Waals surface area contributed by atoms with E-state index in [1.807, 2.05) is 18.2 Å². The van der Waals surface area contributed by atoms with Gasteiger partial charge in [-0.25, -0.2) is 0 Å². The molecule has 0 bridgehead atoms. The lowest BCUT2D eigenvalue weighted by atomic mass is 9.73. The highest BCUT2D eigenvalue weighted by atomic mass is 16.5. The van der Waals surface area contributed by atoms with Gasteiger partial charge < -0.3 is 19.5 Å². The summed E-state index contributed by atoms with van der Waals surface area (Å²) in [5, 5.41) is 10.1. The molecule has 2 fully saturated rings. The molecule has 0 aromatic heterocycles. The molecular formula is C19H26N2O4. The van der Waals surface area contributed by atoms with Crippen LogP contribution in [0.1, 0.15) is 24.3 Å². The number of methoxy groups -OCH3 is 1. The van der Waals surface area contributed by atoms with Crippen LogP contribution in [0.3, 0.4) is 0 Å². The second-order valence-electron chi connectivity index (χ2n) is 7.65. The molecular weight excluding hydrogens is 320 g/mol. The van der Waals surface area contributed by atoms with E-state index in [1.165, 1.54) is 0 Å². The topological polar surface area (TPSA) is 62.2 Å². The molecule has 3 aliphatic heterocycles. The third kappa shape index (κ3) is 2.59. The van der Waals surface area contributed by atoms with E-state index in [-0.39, 0.29) is 12.5 Å². The van der Waals surface area contributed by atoms with Crippen LogP contribution in [-0.4, -0.2) is 73.9 Å². The van der Waals surface area contributed by atoms with E-state index in [1.54, 1.807) is 7.11 Å². The van der Waals surface area contributed by atoms with Crippen molar-refractivity contribution >= 4 is 5.97 Å². The first kappa shape index (κ1) is 16.7. The molecule has 3 heterocycles. The zero-order chi connectivity index (χ0) is 17.6. The number of nitrogens with zero attached hydrogens (tertiary/aromatic N) is 2. The van der Waals surface area contributed by atoms with E-state index in [2.05, 4.69) is 16.8 Å². The molecule has 1 N–H and O–H groups in total. The van der Waals surface area contributed by atoms with Crippen LogP contribution in [0, 0.1) is 5.41 Å². The van der Waals surface area contributed by atoms with Gasteiger partial charge in [-0.1, -0.05) is 12.1 Å². The lowest BCUT2D eigenvalue weighted by Crippen LogP contribution is -2.47. The van der Waals surface area contributed by atoms with E-state index in [4.69, 9.17) is 9.47 Å².